The molecule has 1 spiro atoms. The lowest BCUT2D eigenvalue weighted by atomic mass is 9.65. The minimum absolute atomic E-state index is 0.0367. The Kier molecular flexibility index (Phi) is 9.11. The molecular formula is C34H49N3O4S. The van der Waals surface area contributed by atoms with E-state index in [1.54, 1.807) is 40.6 Å². The summed E-state index contributed by atoms with van der Waals surface area (Å²) in [5.74, 6) is -1.62. The van der Waals surface area contributed by atoms with Crippen LogP contribution in [-0.2, 0) is 14.4 Å². The van der Waals surface area contributed by atoms with Crippen LogP contribution in [0.2, 0.25) is 0 Å². The van der Waals surface area contributed by atoms with Crippen LogP contribution in [0.1, 0.15) is 61.3 Å². The summed E-state index contributed by atoms with van der Waals surface area (Å²) in [6.45, 7) is 22.8. The molecule has 3 aliphatic heterocycles. The Balaban J connectivity index is 1.83. The molecule has 0 radical (unpaired) electrons. The quantitative estimate of drug-likeness (QED) is 0.358. The zero-order valence-corrected chi connectivity index (χ0v) is 27.2. The van der Waals surface area contributed by atoms with Crippen LogP contribution in [0.4, 0.5) is 5.69 Å². The maximum Gasteiger partial charge on any atom is 0.247 e. The Hall–Kier alpha value is -2.58. The van der Waals surface area contributed by atoms with Crippen molar-refractivity contribution in [3.63, 3.8) is 0 Å². The number of para-hydroxylation sites is 1. The number of nitrogens with zero attached hydrogens (tertiary/aromatic N) is 3. The van der Waals surface area contributed by atoms with Gasteiger partial charge in [-0.15, -0.1) is 24.9 Å². The van der Waals surface area contributed by atoms with Crippen LogP contribution in [0.5, 0.6) is 0 Å². The van der Waals surface area contributed by atoms with Crippen molar-refractivity contribution < 1.29 is 19.5 Å². The van der Waals surface area contributed by atoms with E-state index in [9.17, 15) is 19.5 Å². The molecule has 3 amide bonds. The molecule has 8 heteroatoms. The molecular weight excluding hydrogens is 546 g/mol. The molecule has 3 saturated heterocycles. The third-order valence-electron chi connectivity index (χ3n) is 9.36. The highest BCUT2D eigenvalue weighted by atomic mass is 32.2. The number of likely N-dealkylation sites (tertiary alicyclic amines) is 1. The molecule has 7 nitrogen and oxygen atoms in total. The van der Waals surface area contributed by atoms with Crippen molar-refractivity contribution in [2.24, 2.45) is 23.2 Å². The molecule has 3 unspecified atom stereocenters. The fourth-order valence-electron chi connectivity index (χ4n) is 8.13. The molecule has 230 valence electrons. The number of benzene rings is 1. The maximum atomic E-state index is 14.9. The third-order valence-corrected chi connectivity index (χ3v) is 11.4. The number of aliphatic hydroxyl groups is 1. The first-order chi connectivity index (χ1) is 19.7. The summed E-state index contributed by atoms with van der Waals surface area (Å²) in [5, 5.41) is 10.2. The van der Waals surface area contributed by atoms with E-state index in [4.69, 9.17) is 0 Å². The molecule has 2 bridgehead atoms. The summed E-state index contributed by atoms with van der Waals surface area (Å²) in [6, 6.07) is 8.13. The molecule has 3 aliphatic rings. The number of fused-ring (bicyclic) bond motifs is 1. The largest absolute Gasteiger partial charge is 0.394 e. The smallest absolute Gasteiger partial charge is 0.247 e. The van der Waals surface area contributed by atoms with Gasteiger partial charge in [-0.1, -0.05) is 58.0 Å². The van der Waals surface area contributed by atoms with Crippen LogP contribution in [-0.4, -0.2) is 79.9 Å². The Bertz CT molecular complexity index is 1210. The number of carbonyl (C=O) groups is 3. The van der Waals surface area contributed by atoms with Gasteiger partial charge in [0.05, 0.1) is 29.2 Å². The number of anilines is 1. The van der Waals surface area contributed by atoms with Gasteiger partial charge >= 0.3 is 0 Å². The normalized spacial score (nSPS) is 29.3. The van der Waals surface area contributed by atoms with Crippen molar-refractivity contribution in [2.75, 3.05) is 24.6 Å². The molecule has 1 aromatic rings. The Morgan fingerprint density at radius 1 is 1.12 bits per heavy atom. The van der Waals surface area contributed by atoms with Crippen LogP contribution in [0, 0.1) is 23.2 Å². The molecule has 1 aromatic carbocycles. The minimum atomic E-state index is -0.788. The van der Waals surface area contributed by atoms with E-state index in [2.05, 4.69) is 54.7 Å². The van der Waals surface area contributed by atoms with E-state index in [0.717, 1.165) is 18.5 Å². The number of thioether (sulfide) groups is 1. The number of rotatable bonds is 11. The first-order valence-corrected chi connectivity index (χ1v) is 16.0. The lowest BCUT2D eigenvalue weighted by Crippen LogP contribution is -2.62. The van der Waals surface area contributed by atoms with Crippen molar-refractivity contribution in [2.45, 2.75) is 88.9 Å². The Morgan fingerprint density at radius 2 is 1.74 bits per heavy atom. The Morgan fingerprint density at radius 3 is 2.29 bits per heavy atom. The molecule has 3 fully saturated rings. The number of hydrogen-bond acceptors (Lipinski definition) is 5. The highest BCUT2D eigenvalue weighted by Gasteiger charge is 2.77. The molecule has 1 N–H and O–H groups in total. The van der Waals surface area contributed by atoms with Gasteiger partial charge in [0.25, 0.3) is 0 Å². The summed E-state index contributed by atoms with van der Waals surface area (Å²) in [4.78, 5) is 49.1. The van der Waals surface area contributed by atoms with Gasteiger partial charge in [-0.3, -0.25) is 14.4 Å². The fraction of sp³-hybridized carbons (Fsp3) is 0.618. The number of aliphatic hydroxyl groups excluding tert-OH is 1. The predicted octanol–water partition coefficient (Wildman–Crippen LogP) is 5.15. The van der Waals surface area contributed by atoms with Crippen molar-refractivity contribution in [1.82, 2.24) is 9.80 Å². The van der Waals surface area contributed by atoms with E-state index in [1.165, 1.54) is 0 Å². The van der Waals surface area contributed by atoms with E-state index >= 15 is 0 Å². The van der Waals surface area contributed by atoms with Gasteiger partial charge in [0.15, 0.2) is 0 Å². The van der Waals surface area contributed by atoms with Crippen molar-refractivity contribution in [1.29, 1.82) is 0 Å². The van der Waals surface area contributed by atoms with Crippen molar-refractivity contribution >= 4 is 35.2 Å². The lowest BCUT2D eigenvalue weighted by molar-refractivity contribution is -0.149. The lowest BCUT2D eigenvalue weighted by Gasteiger charge is -2.47. The number of amides is 3. The summed E-state index contributed by atoms with van der Waals surface area (Å²) in [7, 11) is 0. The van der Waals surface area contributed by atoms with Crippen LogP contribution in [0.15, 0.2) is 55.6 Å². The summed E-state index contributed by atoms with van der Waals surface area (Å²) in [6.07, 6.45) is 4.96. The van der Waals surface area contributed by atoms with Crippen LogP contribution in [0.3, 0.4) is 0 Å². The first kappa shape index (κ1) is 32.3. The highest BCUT2D eigenvalue weighted by molar-refractivity contribution is 8.02. The van der Waals surface area contributed by atoms with Gasteiger partial charge in [-0.2, -0.15) is 0 Å². The SMILES string of the molecule is C=CCN(C(=O)[C@@H]1[C@@H]2CC(C)C3(S2)C(C(=O)N(CC=C)C(C)(C)CC(C)(C)C)N([C@H](C)CO)C(=O)[C@H]13)c1ccccc1. The monoisotopic (exact) mass is 595 g/mol. The fourth-order valence-corrected chi connectivity index (χ4v) is 10.5. The molecule has 7 atom stereocenters. The predicted molar refractivity (Wildman–Crippen MR) is 171 cm³/mol. The van der Waals surface area contributed by atoms with Gasteiger partial charge in [0, 0.05) is 29.6 Å². The van der Waals surface area contributed by atoms with E-state index in [0.29, 0.717) is 13.1 Å². The van der Waals surface area contributed by atoms with E-state index < -0.39 is 34.2 Å². The summed E-state index contributed by atoms with van der Waals surface area (Å²) < 4.78 is -0.768. The minimum Gasteiger partial charge on any atom is -0.394 e. The second-order valence-corrected chi connectivity index (χ2v) is 15.7. The zero-order chi connectivity index (χ0) is 31.2. The number of carbonyl (C=O) groups excluding carboxylic acids is 3. The molecule has 42 heavy (non-hydrogen) atoms. The zero-order valence-electron chi connectivity index (χ0n) is 26.4. The van der Waals surface area contributed by atoms with Crippen LogP contribution < -0.4 is 4.90 Å². The van der Waals surface area contributed by atoms with E-state index in [1.807, 2.05) is 35.2 Å². The molecule has 4 rings (SSSR count). The Labute approximate surface area is 256 Å². The molecule has 0 aliphatic carbocycles. The van der Waals surface area contributed by atoms with Gasteiger partial charge in [-0.25, -0.2) is 0 Å². The van der Waals surface area contributed by atoms with Gasteiger partial charge in [0.2, 0.25) is 17.7 Å². The standard InChI is InChI=1S/C34H49N3O4S/c1-10-17-35(24-15-13-12-14-16-24)29(39)26-25-19-22(3)34(42-25)27(26)30(40)37(23(4)20-38)28(34)31(41)36(18-11-2)33(8,9)21-32(5,6)7/h10-16,22-23,25-28,38H,1-2,17-21H2,3-9H3/t22?,23-,25+,26-,27+,28?,34?/m1/s1. The first-order valence-electron chi connectivity index (χ1n) is 15.2. The number of hydrogen-bond donors (Lipinski definition) is 1. The second kappa shape index (κ2) is 11.8. The maximum absolute atomic E-state index is 14.9. The second-order valence-electron chi connectivity index (χ2n) is 14.2. The summed E-state index contributed by atoms with van der Waals surface area (Å²) >= 11 is 1.67. The van der Waals surface area contributed by atoms with Gasteiger partial charge in [-0.05, 0) is 57.1 Å². The van der Waals surface area contributed by atoms with Gasteiger partial charge < -0.3 is 19.8 Å². The van der Waals surface area contributed by atoms with Crippen molar-refractivity contribution in [3.05, 3.63) is 55.6 Å². The molecule has 0 aromatic heterocycles. The summed E-state index contributed by atoms with van der Waals surface area (Å²) in [5.41, 5.74) is 0.214. The topological polar surface area (TPSA) is 81.2 Å². The average molecular weight is 596 g/mol. The van der Waals surface area contributed by atoms with Crippen molar-refractivity contribution in [3.8, 4) is 0 Å². The van der Waals surface area contributed by atoms with Gasteiger partial charge in [0.1, 0.15) is 6.04 Å². The van der Waals surface area contributed by atoms with Crippen LogP contribution >= 0.6 is 11.8 Å². The average Bonchev–Trinajstić information content (AvgIpc) is 3.51. The highest BCUT2D eigenvalue weighted by Crippen LogP contribution is 2.69. The molecule has 3 heterocycles. The third kappa shape index (κ3) is 5.34. The van der Waals surface area contributed by atoms with Crippen LogP contribution in [0.25, 0.3) is 0 Å². The molecule has 0 saturated carbocycles. The van der Waals surface area contributed by atoms with E-state index in [-0.39, 0.29) is 40.9 Å².